The predicted molar refractivity (Wildman–Crippen MR) is 62.7 cm³/mol. The minimum atomic E-state index is -3.05. The normalized spacial score (nSPS) is 12.0. The van der Waals surface area contributed by atoms with Crippen molar-refractivity contribution in [3.8, 4) is 0 Å². The molecule has 0 saturated carbocycles. The Bertz CT molecular complexity index is 402. The Kier molecular flexibility index (Phi) is 3.91. The van der Waals surface area contributed by atoms with Crippen LogP contribution in [-0.4, -0.2) is 14.7 Å². The highest BCUT2D eigenvalue weighted by molar-refractivity contribution is 7.90. The summed E-state index contributed by atoms with van der Waals surface area (Å²) in [5, 5.41) is 0. The Morgan fingerprint density at radius 3 is 2.07 bits per heavy atom. The summed E-state index contributed by atoms with van der Waals surface area (Å²) in [7, 11) is -3.05. The van der Waals surface area contributed by atoms with E-state index in [1.54, 1.807) is 12.1 Å². The summed E-state index contributed by atoms with van der Waals surface area (Å²) < 4.78 is 22.4. The molecule has 0 heterocycles. The van der Waals surface area contributed by atoms with Gasteiger partial charge in [-0.3, -0.25) is 0 Å². The summed E-state index contributed by atoms with van der Waals surface area (Å²) in [4.78, 5) is 0.399. The van der Waals surface area contributed by atoms with Gasteiger partial charge in [0.2, 0.25) is 0 Å². The van der Waals surface area contributed by atoms with Gasteiger partial charge in [-0.1, -0.05) is 26.0 Å². The molecule has 0 aliphatic heterocycles. The molecule has 84 valence electrons. The lowest BCUT2D eigenvalue weighted by atomic mass is 10.0. The molecule has 1 rings (SSSR count). The van der Waals surface area contributed by atoms with Crippen molar-refractivity contribution in [1.82, 2.24) is 0 Å². The lowest BCUT2D eigenvalue weighted by Gasteiger charge is -2.05. The molecule has 0 amide bonds. The summed E-state index contributed by atoms with van der Waals surface area (Å²) in [6.07, 6.45) is 3.38. The zero-order valence-corrected chi connectivity index (χ0v) is 10.3. The van der Waals surface area contributed by atoms with Gasteiger partial charge in [-0.15, -0.1) is 0 Å². The smallest absolute Gasteiger partial charge is 0.175 e. The first kappa shape index (κ1) is 12.2. The Hall–Kier alpha value is -0.830. The maximum Gasteiger partial charge on any atom is 0.175 e. The number of hydrogen-bond acceptors (Lipinski definition) is 2. The molecule has 0 aromatic heterocycles. The van der Waals surface area contributed by atoms with E-state index in [4.69, 9.17) is 0 Å². The van der Waals surface area contributed by atoms with Gasteiger partial charge in [0.15, 0.2) is 9.84 Å². The average Bonchev–Trinajstić information content (AvgIpc) is 2.14. The third-order valence-electron chi connectivity index (χ3n) is 2.36. The monoisotopic (exact) mass is 226 g/mol. The number of rotatable bonds is 4. The van der Waals surface area contributed by atoms with Gasteiger partial charge < -0.3 is 0 Å². The van der Waals surface area contributed by atoms with Gasteiger partial charge in [-0.2, -0.15) is 0 Å². The number of aryl methyl sites for hydroxylation is 1. The van der Waals surface area contributed by atoms with E-state index in [2.05, 4.69) is 13.8 Å². The minimum Gasteiger partial charge on any atom is -0.224 e. The van der Waals surface area contributed by atoms with E-state index in [1.165, 1.54) is 11.8 Å². The van der Waals surface area contributed by atoms with E-state index in [1.807, 2.05) is 12.1 Å². The van der Waals surface area contributed by atoms with E-state index >= 15 is 0 Å². The summed E-state index contributed by atoms with van der Waals surface area (Å²) in [5.41, 5.74) is 1.20. The van der Waals surface area contributed by atoms with E-state index < -0.39 is 9.84 Å². The van der Waals surface area contributed by atoms with Crippen molar-refractivity contribution in [1.29, 1.82) is 0 Å². The molecule has 0 bridgehead atoms. The highest BCUT2D eigenvalue weighted by Gasteiger charge is 2.05. The van der Waals surface area contributed by atoms with Gasteiger partial charge in [0.05, 0.1) is 4.90 Å². The molecular formula is C12H18O2S. The largest absolute Gasteiger partial charge is 0.224 e. The second kappa shape index (κ2) is 4.79. The average molecular weight is 226 g/mol. The van der Waals surface area contributed by atoms with Crippen LogP contribution in [0.1, 0.15) is 25.8 Å². The molecule has 0 atom stereocenters. The molecule has 0 spiro atoms. The van der Waals surface area contributed by atoms with Crippen molar-refractivity contribution < 1.29 is 8.42 Å². The SMILES string of the molecule is CC(C)CCc1ccc(S(C)(=O)=O)cc1. The molecule has 3 heteroatoms. The first-order chi connectivity index (χ1) is 6.89. The Balaban J connectivity index is 2.73. The topological polar surface area (TPSA) is 34.1 Å². The molecule has 0 aliphatic carbocycles. The molecule has 0 unspecified atom stereocenters. The van der Waals surface area contributed by atoms with Crippen LogP contribution in [0.5, 0.6) is 0 Å². The van der Waals surface area contributed by atoms with Crippen LogP contribution < -0.4 is 0 Å². The second-order valence-corrected chi connectivity index (χ2v) is 6.36. The van der Waals surface area contributed by atoms with Gasteiger partial charge in [0.25, 0.3) is 0 Å². The minimum absolute atomic E-state index is 0.399. The standard InChI is InChI=1S/C12H18O2S/c1-10(2)4-5-11-6-8-12(9-7-11)15(3,13)14/h6-10H,4-5H2,1-3H3. The van der Waals surface area contributed by atoms with Gasteiger partial charge >= 0.3 is 0 Å². The zero-order chi connectivity index (χ0) is 11.5. The van der Waals surface area contributed by atoms with Gasteiger partial charge in [0.1, 0.15) is 0 Å². The zero-order valence-electron chi connectivity index (χ0n) is 9.53. The van der Waals surface area contributed by atoms with E-state index in [0.717, 1.165) is 12.8 Å². The number of benzene rings is 1. The van der Waals surface area contributed by atoms with Crippen molar-refractivity contribution in [3.63, 3.8) is 0 Å². The van der Waals surface area contributed by atoms with Crippen LogP contribution >= 0.6 is 0 Å². The fraction of sp³-hybridized carbons (Fsp3) is 0.500. The van der Waals surface area contributed by atoms with Crippen LogP contribution in [0.4, 0.5) is 0 Å². The lowest BCUT2D eigenvalue weighted by molar-refractivity contribution is 0.586. The fourth-order valence-corrected chi connectivity index (χ4v) is 1.99. The van der Waals surface area contributed by atoms with Crippen LogP contribution in [0.15, 0.2) is 29.2 Å². The van der Waals surface area contributed by atoms with Crippen LogP contribution in [0.25, 0.3) is 0 Å². The Labute approximate surface area is 92.2 Å². The highest BCUT2D eigenvalue weighted by atomic mass is 32.2. The first-order valence-electron chi connectivity index (χ1n) is 5.18. The molecule has 0 radical (unpaired) electrons. The molecule has 15 heavy (non-hydrogen) atoms. The Morgan fingerprint density at radius 2 is 1.67 bits per heavy atom. The molecule has 2 nitrogen and oxygen atoms in total. The number of hydrogen-bond donors (Lipinski definition) is 0. The van der Waals surface area contributed by atoms with Gasteiger partial charge in [-0.25, -0.2) is 8.42 Å². The van der Waals surface area contributed by atoms with Crippen molar-refractivity contribution >= 4 is 9.84 Å². The molecule has 1 aromatic carbocycles. The molecule has 0 saturated heterocycles. The predicted octanol–water partition coefficient (Wildman–Crippen LogP) is 2.68. The van der Waals surface area contributed by atoms with Crippen LogP contribution in [-0.2, 0) is 16.3 Å². The summed E-state index contributed by atoms with van der Waals surface area (Å²) in [6, 6.07) is 7.17. The number of sulfone groups is 1. The second-order valence-electron chi connectivity index (χ2n) is 4.35. The van der Waals surface area contributed by atoms with Crippen molar-refractivity contribution in [2.75, 3.05) is 6.26 Å². The summed E-state index contributed by atoms with van der Waals surface area (Å²) in [5.74, 6) is 0.680. The van der Waals surface area contributed by atoms with Gasteiger partial charge in [0, 0.05) is 6.26 Å². The highest BCUT2D eigenvalue weighted by Crippen LogP contribution is 2.13. The first-order valence-corrected chi connectivity index (χ1v) is 7.07. The molecule has 0 N–H and O–H groups in total. The van der Waals surface area contributed by atoms with Crippen molar-refractivity contribution in [2.45, 2.75) is 31.6 Å². The van der Waals surface area contributed by atoms with Crippen LogP contribution in [0.3, 0.4) is 0 Å². The fourth-order valence-electron chi connectivity index (χ4n) is 1.36. The van der Waals surface area contributed by atoms with Crippen molar-refractivity contribution in [3.05, 3.63) is 29.8 Å². The van der Waals surface area contributed by atoms with E-state index in [-0.39, 0.29) is 0 Å². The summed E-state index contributed by atoms with van der Waals surface area (Å²) >= 11 is 0. The van der Waals surface area contributed by atoms with Gasteiger partial charge in [-0.05, 0) is 36.5 Å². The molecular weight excluding hydrogens is 208 g/mol. The quantitative estimate of drug-likeness (QED) is 0.791. The molecule has 0 fully saturated rings. The van der Waals surface area contributed by atoms with E-state index in [0.29, 0.717) is 10.8 Å². The maximum absolute atomic E-state index is 11.2. The maximum atomic E-state index is 11.2. The van der Waals surface area contributed by atoms with Crippen LogP contribution in [0.2, 0.25) is 0 Å². The van der Waals surface area contributed by atoms with Crippen molar-refractivity contribution in [2.24, 2.45) is 5.92 Å². The molecule has 0 aliphatic rings. The lowest BCUT2D eigenvalue weighted by Crippen LogP contribution is -1.97. The van der Waals surface area contributed by atoms with Crippen LogP contribution in [0, 0.1) is 5.92 Å². The summed E-state index contributed by atoms with van der Waals surface area (Å²) in [6.45, 7) is 4.37. The molecule has 1 aromatic rings. The third-order valence-corrected chi connectivity index (χ3v) is 3.49. The Morgan fingerprint density at radius 1 is 1.13 bits per heavy atom. The van der Waals surface area contributed by atoms with E-state index in [9.17, 15) is 8.42 Å². The third kappa shape index (κ3) is 4.04.